The first-order chi connectivity index (χ1) is 13.7. The Bertz CT molecular complexity index is 945. The fourth-order valence-corrected chi connectivity index (χ4v) is 3.72. The number of benzene rings is 3. The fraction of sp³-hybridized carbons (Fsp3) is 0.261. The second kappa shape index (κ2) is 8.63. The average Bonchev–Trinajstić information content (AvgIpc) is 2.74. The van der Waals surface area contributed by atoms with E-state index in [0.29, 0.717) is 10.8 Å². The Morgan fingerprint density at radius 1 is 0.893 bits per heavy atom. The highest BCUT2D eigenvalue weighted by molar-refractivity contribution is 6.30. The highest BCUT2D eigenvalue weighted by Gasteiger charge is 2.21. The maximum atomic E-state index is 12.4. The largest absolute Gasteiger partial charge is 0.484 e. The molecule has 0 radical (unpaired) electrons. The third-order valence-corrected chi connectivity index (χ3v) is 5.43. The molecule has 0 N–H and O–H groups in total. The van der Waals surface area contributed by atoms with Crippen molar-refractivity contribution in [2.45, 2.75) is 6.54 Å². The highest BCUT2D eigenvalue weighted by atomic mass is 35.5. The summed E-state index contributed by atoms with van der Waals surface area (Å²) in [7, 11) is 0. The number of hydrogen-bond donors (Lipinski definition) is 0. The van der Waals surface area contributed by atoms with Gasteiger partial charge >= 0.3 is 0 Å². The summed E-state index contributed by atoms with van der Waals surface area (Å²) >= 11 is 5.86. The van der Waals surface area contributed by atoms with Crippen molar-refractivity contribution < 1.29 is 9.53 Å². The Balaban J connectivity index is 1.29. The van der Waals surface area contributed by atoms with Crippen LogP contribution in [0.25, 0.3) is 10.8 Å². The molecule has 0 atom stereocenters. The van der Waals surface area contributed by atoms with Gasteiger partial charge in [-0.25, -0.2) is 0 Å². The fourth-order valence-electron chi connectivity index (χ4n) is 3.59. The first kappa shape index (κ1) is 18.8. The van der Waals surface area contributed by atoms with Crippen LogP contribution in [0.4, 0.5) is 0 Å². The van der Waals surface area contributed by atoms with Gasteiger partial charge in [0, 0.05) is 37.7 Å². The lowest BCUT2D eigenvalue weighted by Crippen LogP contribution is -2.49. The molecule has 1 aliphatic rings. The zero-order valence-corrected chi connectivity index (χ0v) is 16.4. The monoisotopic (exact) mass is 394 g/mol. The van der Waals surface area contributed by atoms with Gasteiger partial charge in [0.1, 0.15) is 5.75 Å². The van der Waals surface area contributed by atoms with Crippen LogP contribution in [0.5, 0.6) is 5.75 Å². The molecule has 1 amide bonds. The van der Waals surface area contributed by atoms with Gasteiger partial charge in [-0.3, -0.25) is 9.69 Å². The number of rotatable bonds is 5. The van der Waals surface area contributed by atoms with E-state index in [1.807, 2.05) is 4.90 Å². The van der Waals surface area contributed by atoms with Crippen LogP contribution in [0, 0.1) is 0 Å². The van der Waals surface area contributed by atoms with Gasteiger partial charge in [-0.1, -0.05) is 54.1 Å². The molecule has 5 heteroatoms. The standard InChI is InChI=1S/C23H23ClN2O2/c24-20-8-10-21(11-9-20)28-17-23(27)26-14-12-25(13-15-26)16-19-6-3-5-18-4-1-2-7-22(18)19/h1-11H,12-17H2. The first-order valence-electron chi connectivity index (χ1n) is 9.54. The molecule has 28 heavy (non-hydrogen) atoms. The molecule has 3 aromatic carbocycles. The number of piperazine rings is 1. The number of halogens is 1. The van der Waals surface area contributed by atoms with Crippen molar-refractivity contribution in [1.82, 2.24) is 9.80 Å². The molecule has 4 rings (SSSR count). The van der Waals surface area contributed by atoms with Gasteiger partial charge in [-0.05, 0) is 40.6 Å². The van der Waals surface area contributed by atoms with Gasteiger partial charge in [0.05, 0.1) is 0 Å². The topological polar surface area (TPSA) is 32.8 Å². The third kappa shape index (κ3) is 4.46. The molecule has 1 saturated heterocycles. The summed E-state index contributed by atoms with van der Waals surface area (Å²) < 4.78 is 5.58. The number of ether oxygens (including phenoxy) is 1. The van der Waals surface area contributed by atoms with E-state index >= 15 is 0 Å². The normalized spacial score (nSPS) is 15.0. The highest BCUT2D eigenvalue weighted by Crippen LogP contribution is 2.21. The van der Waals surface area contributed by atoms with Gasteiger partial charge in [0.25, 0.3) is 5.91 Å². The molecule has 0 bridgehead atoms. The third-order valence-electron chi connectivity index (χ3n) is 5.17. The van der Waals surface area contributed by atoms with Crippen molar-refractivity contribution in [2.24, 2.45) is 0 Å². The Labute approximate surface area is 170 Å². The minimum atomic E-state index is 0.0276. The van der Waals surface area contributed by atoms with E-state index in [0.717, 1.165) is 32.7 Å². The van der Waals surface area contributed by atoms with E-state index in [2.05, 4.69) is 47.4 Å². The van der Waals surface area contributed by atoms with Gasteiger partial charge < -0.3 is 9.64 Å². The van der Waals surface area contributed by atoms with Crippen LogP contribution in [0.1, 0.15) is 5.56 Å². The van der Waals surface area contributed by atoms with Gasteiger partial charge in [0.15, 0.2) is 6.61 Å². The summed E-state index contributed by atoms with van der Waals surface area (Å²) in [5.74, 6) is 0.687. The van der Waals surface area contributed by atoms with Crippen LogP contribution in [-0.2, 0) is 11.3 Å². The van der Waals surface area contributed by atoms with Crippen molar-refractivity contribution >= 4 is 28.3 Å². The Morgan fingerprint density at radius 2 is 1.61 bits per heavy atom. The quantitative estimate of drug-likeness (QED) is 0.649. The molecule has 0 spiro atoms. The number of nitrogens with zero attached hydrogens (tertiary/aromatic N) is 2. The number of amides is 1. The maximum Gasteiger partial charge on any atom is 0.260 e. The lowest BCUT2D eigenvalue weighted by molar-refractivity contribution is -0.135. The minimum absolute atomic E-state index is 0.0276. The van der Waals surface area contributed by atoms with E-state index in [-0.39, 0.29) is 12.5 Å². The van der Waals surface area contributed by atoms with Gasteiger partial charge in [-0.2, -0.15) is 0 Å². The van der Waals surface area contributed by atoms with Crippen LogP contribution in [0.15, 0.2) is 66.7 Å². The molecule has 3 aromatic rings. The molecule has 0 aliphatic carbocycles. The van der Waals surface area contributed by atoms with Crippen molar-refractivity contribution in [3.63, 3.8) is 0 Å². The van der Waals surface area contributed by atoms with Crippen LogP contribution in [0.3, 0.4) is 0 Å². The number of fused-ring (bicyclic) bond motifs is 1. The zero-order chi connectivity index (χ0) is 19.3. The summed E-state index contributed by atoms with van der Waals surface area (Å²) in [4.78, 5) is 16.7. The number of carbonyl (C=O) groups is 1. The molecule has 0 unspecified atom stereocenters. The van der Waals surface area contributed by atoms with Crippen molar-refractivity contribution in [3.05, 3.63) is 77.3 Å². The first-order valence-corrected chi connectivity index (χ1v) is 9.92. The summed E-state index contributed by atoms with van der Waals surface area (Å²) in [6.07, 6.45) is 0. The molecule has 1 fully saturated rings. The second-order valence-corrected chi connectivity index (χ2v) is 7.47. The van der Waals surface area contributed by atoms with E-state index in [1.54, 1.807) is 24.3 Å². The lowest BCUT2D eigenvalue weighted by atomic mass is 10.0. The van der Waals surface area contributed by atoms with Crippen LogP contribution >= 0.6 is 11.6 Å². The molecule has 4 nitrogen and oxygen atoms in total. The number of carbonyl (C=O) groups excluding carboxylic acids is 1. The van der Waals surface area contributed by atoms with Crippen molar-refractivity contribution in [2.75, 3.05) is 32.8 Å². The molecule has 1 heterocycles. The predicted molar refractivity (Wildman–Crippen MR) is 113 cm³/mol. The van der Waals surface area contributed by atoms with Gasteiger partial charge in [0.2, 0.25) is 0 Å². The predicted octanol–water partition coefficient (Wildman–Crippen LogP) is 4.22. The van der Waals surface area contributed by atoms with E-state index < -0.39 is 0 Å². The molecule has 1 aliphatic heterocycles. The second-order valence-electron chi connectivity index (χ2n) is 7.04. The molecule has 0 aromatic heterocycles. The molecule has 144 valence electrons. The zero-order valence-electron chi connectivity index (χ0n) is 15.7. The summed E-state index contributed by atoms with van der Waals surface area (Å²) in [5, 5.41) is 3.23. The average molecular weight is 395 g/mol. The Kier molecular flexibility index (Phi) is 5.79. The van der Waals surface area contributed by atoms with Crippen molar-refractivity contribution in [1.29, 1.82) is 0 Å². The van der Waals surface area contributed by atoms with E-state index in [1.165, 1.54) is 16.3 Å². The summed E-state index contributed by atoms with van der Waals surface area (Å²) in [5.41, 5.74) is 1.34. The SMILES string of the molecule is O=C(COc1ccc(Cl)cc1)N1CCN(Cc2cccc3ccccc23)CC1. The molecular formula is C23H23ClN2O2. The molecular weight excluding hydrogens is 372 g/mol. The van der Waals surface area contributed by atoms with E-state index in [9.17, 15) is 4.79 Å². The lowest BCUT2D eigenvalue weighted by Gasteiger charge is -2.34. The summed E-state index contributed by atoms with van der Waals surface area (Å²) in [6, 6.07) is 22.0. The van der Waals surface area contributed by atoms with Gasteiger partial charge in [-0.15, -0.1) is 0 Å². The van der Waals surface area contributed by atoms with Crippen LogP contribution < -0.4 is 4.74 Å². The minimum Gasteiger partial charge on any atom is -0.484 e. The van der Waals surface area contributed by atoms with Crippen LogP contribution in [0.2, 0.25) is 5.02 Å². The maximum absolute atomic E-state index is 12.4. The van der Waals surface area contributed by atoms with Crippen LogP contribution in [-0.4, -0.2) is 48.5 Å². The smallest absolute Gasteiger partial charge is 0.260 e. The van der Waals surface area contributed by atoms with E-state index in [4.69, 9.17) is 16.3 Å². The Hall–Kier alpha value is -2.56. The number of hydrogen-bond acceptors (Lipinski definition) is 3. The van der Waals surface area contributed by atoms with Crippen molar-refractivity contribution in [3.8, 4) is 5.75 Å². The molecule has 0 saturated carbocycles. The Morgan fingerprint density at radius 3 is 2.39 bits per heavy atom. The summed E-state index contributed by atoms with van der Waals surface area (Å²) in [6.45, 7) is 4.17.